The summed E-state index contributed by atoms with van der Waals surface area (Å²) in [6.45, 7) is 7.46. The van der Waals surface area contributed by atoms with Crippen molar-refractivity contribution in [1.82, 2.24) is 10.2 Å². The molecule has 4 nitrogen and oxygen atoms in total. The van der Waals surface area contributed by atoms with Crippen molar-refractivity contribution in [1.29, 1.82) is 0 Å². The van der Waals surface area contributed by atoms with E-state index in [-0.39, 0.29) is 17.9 Å². The number of rotatable bonds is 5. The van der Waals surface area contributed by atoms with Crippen LogP contribution in [0.4, 0.5) is 0 Å². The minimum absolute atomic E-state index is 0.132. The second kappa shape index (κ2) is 5.53. The molecule has 1 aromatic carbocycles. The van der Waals surface area contributed by atoms with Crippen LogP contribution in [0.25, 0.3) is 0 Å². The molecule has 1 aliphatic heterocycles. The third kappa shape index (κ3) is 2.54. The number of nitrogens with zero attached hydrogens (tertiary/aromatic N) is 1. The van der Waals surface area contributed by atoms with Gasteiger partial charge in [-0.1, -0.05) is 32.9 Å². The van der Waals surface area contributed by atoms with Gasteiger partial charge < -0.3 is 5.32 Å². The molecule has 1 aliphatic rings. The second-order valence-corrected chi connectivity index (χ2v) is 5.17. The number of hydrogen-bond acceptors (Lipinski definition) is 3. The molecule has 0 saturated carbocycles. The fourth-order valence-corrected chi connectivity index (χ4v) is 2.37. The van der Waals surface area contributed by atoms with E-state index in [1.54, 1.807) is 24.3 Å². The van der Waals surface area contributed by atoms with Gasteiger partial charge in [-0.2, -0.15) is 0 Å². The Labute approximate surface area is 113 Å². The SMILES string of the molecule is CCNC(CN1C(=O)c2ccccc2C1=O)C(C)C. The normalized spacial score (nSPS) is 16.1. The minimum Gasteiger partial charge on any atom is -0.312 e. The number of carbonyl (C=O) groups excluding carboxylic acids is 2. The highest BCUT2D eigenvalue weighted by molar-refractivity contribution is 6.21. The fourth-order valence-electron chi connectivity index (χ4n) is 2.37. The predicted molar refractivity (Wildman–Crippen MR) is 74.1 cm³/mol. The van der Waals surface area contributed by atoms with E-state index < -0.39 is 0 Å². The molecule has 102 valence electrons. The predicted octanol–water partition coefficient (Wildman–Crippen LogP) is 1.92. The van der Waals surface area contributed by atoms with Crippen LogP contribution in [0.3, 0.4) is 0 Å². The highest BCUT2D eigenvalue weighted by atomic mass is 16.2. The van der Waals surface area contributed by atoms with Gasteiger partial charge in [0, 0.05) is 12.6 Å². The topological polar surface area (TPSA) is 49.4 Å². The largest absolute Gasteiger partial charge is 0.312 e. The maximum absolute atomic E-state index is 12.2. The van der Waals surface area contributed by atoms with Gasteiger partial charge in [0.2, 0.25) is 0 Å². The van der Waals surface area contributed by atoms with Crippen molar-refractivity contribution in [3.05, 3.63) is 35.4 Å². The molecule has 1 atom stereocenters. The Morgan fingerprint density at radius 1 is 1.11 bits per heavy atom. The average Bonchev–Trinajstić information content (AvgIpc) is 2.63. The number of carbonyl (C=O) groups is 2. The monoisotopic (exact) mass is 260 g/mol. The van der Waals surface area contributed by atoms with Gasteiger partial charge in [-0.3, -0.25) is 14.5 Å². The first-order chi connectivity index (χ1) is 9.06. The van der Waals surface area contributed by atoms with Crippen LogP contribution >= 0.6 is 0 Å². The molecule has 1 N–H and O–H groups in total. The van der Waals surface area contributed by atoms with Gasteiger partial charge in [-0.05, 0) is 24.6 Å². The summed E-state index contributed by atoms with van der Waals surface area (Å²) in [5.41, 5.74) is 1.04. The second-order valence-electron chi connectivity index (χ2n) is 5.17. The first kappa shape index (κ1) is 13.7. The van der Waals surface area contributed by atoms with Crippen LogP contribution in [0.1, 0.15) is 41.5 Å². The summed E-state index contributed by atoms with van der Waals surface area (Å²) in [4.78, 5) is 25.9. The lowest BCUT2D eigenvalue weighted by atomic mass is 10.0. The molecule has 0 saturated heterocycles. The van der Waals surface area contributed by atoms with Gasteiger partial charge in [-0.25, -0.2) is 0 Å². The van der Waals surface area contributed by atoms with Gasteiger partial charge in [0.15, 0.2) is 0 Å². The molecule has 0 aliphatic carbocycles. The number of benzene rings is 1. The lowest BCUT2D eigenvalue weighted by molar-refractivity contribution is 0.0629. The molecule has 1 unspecified atom stereocenters. The number of amides is 2. The third-order valence-electron chi connectivity index (χ3n) is 3.53. The van der Waals surface area contributed by atoms with Crippen molar-refractivity contribution in [2.75, 3.05) is 13.1 Å². The van der Waals surface area contributed by atoms with E-state index in [2.05, 4.69) is 19.2 Å². The van der Waals surface area contributed by atoms with Crippen molar-refractivity contribution in [3.63, 3.8) is 0 Å². The van der Waals surface area contributed by atoms with E-state index in [1.807, 2.05) is 6.92 Å². The average molecular weight is 260 g/mol. The van der Waals surface area contributed by atoms with Crippen LogP contribution in [0.2, 0.25) is 0 Å². The van der Waals surface area contributed by atoms with Crippen LogP contribution in [-0.4, -0.2) is 35.8 Å². The van der Waals surface area contributed by atoms with Crippen molar-refractivity contribution < 1.29 is 9.59 Å². The first-order valence-corrected chi connectivity index (χ1v) is 6.74. The van der Waals surface area contributed by atoms with Crippen molar-refractivity contribution in [2.45, 2.75) is 26.8 Å². The quantitative estimate of drug-likeness (QED) is 0.823. The maximum Gasteiger partial charge on any atom is 0.261 e. The third-order valence-corrected chi connectivity index (χ3v) is 3.53. The van der Waals surface area contributed by atoms with E-state index in [9.17, 15) is 9.59 Å². The van der Waals surface area contributed by atoms with E-state index in [0.717, 1.165) is 6.54 Å². The molecular formula is C15H20N2O2. The molecule has 0 fully saturated rings. The summed E-state index contributed by atoms with van der Waals surface area (Å²) in [5.74, 6) is 0.0116. The van der Waals surface area contributed by atoms with Gasteiger partial charge in [0.05, 0.1) is 11.1 Å². The molecule has 1 heterocycles. The smallest absolute Gasteiger partial charge is 0.261 e. The Hall–Kier alpha value is -1.68. The summed E-state index contributed by atoms with van der Waals surface area (Å²) in [5, 5.41) is 3.33. The van der Waals surface area contributed by atoms with Gasteiger partial charge in [0.1, 0.15) is 0 Å². The molecule has 0 spiro atoms. The van der Waals surface area contributed by atoms with Crippen LogP contribution in [0, 0.1) is 5.92 Å². The maximum atomic E-state index is 12.2. The molecule has 0 aromatic heterocycles. The highest BCUT2D eigenvalue weighted by Crippen LogP contribution is 2.23. The Balaban J connectivity index is 2.20. The molecule has 1 aromatic rings. The summed E-state index contributed by atoms with van der Waals surface area (Å²) >= 11 is 0. The van der Waals surface area contributed by atoms with Crippen LogP contribution in [-0.2, 0) is 0 Å². The lowest BCUT2D eigenvalue weighted by Crippen LogP contribution is -2.46. The Morgan fingerprint density at radius 3 is 2.05 bits per heavy atom. The van der Waals surface area contributed by atoms with Crippen LogP contribution in [0.15, 0.2) is 24.3 Å². The summed E-state index contributed by atoms with van der Waals surface area (Å²) in [6.07, 6.45) is 0. The van der Waals surface area contributed by atoms with E-state index in [1.165, 1.54) is 4.90 Å². The number of imide groups is 1. The van der Waals surface area contributed by atoms with Crippen molar-refractivity contribution in [2.24, 2.45) is 5.92 Å². The number of hydrogen-bond donors (Lipinski definition) is 1. The number of likely N-dealkylation sites (N-methyl/N-ethyl adjacent to an activating group) is 1. The Morgan fingerprint density at radius 2 is 1.63 bits per heavy atom. The standard InChI is InChI=1S/C15H20N2O2/c1-4-16-13(10(2)3)9-17-14(18)11-7-5-6-8-12(11)15(17)19/h5-8,10,13,16H,4,9H2,1-3H3. The summed E-state index contributed by atoms with van der Waals surface area (Å²) in [6, 6.07) is 7.14. The molecule has 0 bridgehead atoms. The molecule has 0 radical (unpaired) electrons. The van der Waals surface area contributed by atoms with Crippen molar-refractivity contribution in [3.8, 4) is 0 Å². The van der Waals surface area contributed by atoms with Gasteiger partial charge in [-0.15, -0.1) is 0 Å². The number of fused-ring (bicyclic) bond motifs is 1. The van der Waals surface area contributed by atoms with Crippen LogP contribution < -0.4 is 5.32 Å². The molecule has 2 rings (SSSR count). The molecule has 19 heavy (non-hydrogen) atoms. The number of nitrogens with one attached hydrogen (secondary N) is 1. The van der Waals surface area contributed by atoms with E-state index in [0.29, 0.717) is 23.6 Å². The highest BCUT2D eigenvalue weighted by Gasteiger charge is 2.36. The van der Waals surface area contributed by atoms with E-state index in [4.69, 9.17) is 0 Å². The zero-order chi connectivity index (χ0) is 14.0. The summed E-state index contributed by atoms with van der Waals surface area (Å²) in [7, 11) is 0. The van der Waals surface area contributed by atoms with E-state index >= 15 is 0 Å². The first-order valence-electron chi connectivity index (χ1n) is 6.74. The van der Waals surface area contributed by atoms with Crippen LogP contribution in [0.5, 0.6) is 0 Å². The lowest BCUT2D eigenvalue weighted by Gasteiger charge is -2.26. The molecular weight excluding hydrogens is 240 g/mol. The minimum atomic E-state index is -0.177. The zero-order valence-corrected chi connectivity index (χ0v) is 11.6. The van der Waals surface area contributed by atoms with Gasteiger partial charge >= 0.3 is 0 Å². The Bertz CT molecular complexity index is 462. The van der Waals surface area contributed by atoms with Gasteiger partial charge in [0.25, 0.3) is 11.8 Å². The fraction of sp³-hybridized carbons (Fsp3) is 0.467. The summed E-state index contributed by atoms with van der Waals surface area (Å²) < 4.78 is 0. The van der Waals surface area contributed by atoms with Crippen molar-refractivity contribution >= 4 is 11.8 Å². The Kier molecular flexibility index (Phi) is 4.00. The zero-order valence-electron chi connectivity index (χ0n) is 11.6. The molecule has 2 amide bonds. The molecule has 4 heteroatoms.